The summed E-state index contributed by atoms with van der Waals surface area (Å²) in [5.41, 5.74) is 0. The largest absolute Gasteiger partial charge is 4.00 e. The first-order chi connectivity index (χ1) is 5.12. The van der Waals surface area contributed by atoms with Gasteiger partial charge in [-0.3, -0.25) is 0 Å². The second-order valence-corrected chi connectivity index (χ2v) is 3.17. The minimum atomic E-state index is -5.09. The summed E-state index contributed by atoms with van der Waals surface area (Å²) in [7, 11) is -10.2. The van der Waals surface area contributed by atoms with Crippen LogP contribution in [0.4, 0.5) is 0 Å². The first-order valence-electron chi connectivity index (χ1n) is 1.83. The van der Waals surface area contributed by atoms with Gasteiger partial charge in [0, 0.05) is 0 Å². The molecule has 0 aromatic rings. The van der Waals surface area contributed by atoms with Crippen LogP contribution < -0.4 is 19.6 Å². The topological polar surface area (TPSA) is 185 Å². The van der Waals surface area contributed by atoms with Gasteiger partial charge < -0.3 is 28.7 Å². The number of rotatable bonds is 2. The molecule has 76 valence electrons. The van der Waals surface area contributed by atoms with Crippen molar-refractivity contribution in [2.45, 2.75) is 0 Å². The zero-order valence-electron chi connectivity index (χ0n) is 5.55. The molecule has 0 fully saturated rings. The summed E-state index contributed by atoms with van der Waals surface area (Å²) in [5, 5.41) is 14.0. The summed E-state index contributed by atoms with van der Waals surface area (Å²) in [6, 6.07) is 0. The van der Waals surface area contributed by atoms with Crippen molar-refractivity contribution < 1.29 is 74.8 Å². The van der Waals surface area contributed by atoms with Gasteiger partial charge in [0.25, 0.3) is 0 Å². The molecule has 13 heavy (non-hydrogen) atoms. The van der Waals surface area contributed by atoms with E-state index in [-0.39, 0.29) is 26.2 Å². The average molecular weight is 315 g/mol. The smallest absolute Gasteiger partial charge is 0.788 e. The van der Waals surface area contributed by atoms with Crippen LogP contribution in [-0.2, 0) is 44.7 Å². The number of hydrogen-bond acceptors (Lipinski definition) is 10. The van der Waals surface area contributed by atoms with Crippen LogP contribution in [0.15, 0.2) is 0 Å². The van der Waals surface area contributed by atoms with Crippen molar-refractivity contribution in [3.63, 3.8) is 0 Å². The van der Waals surface area contributed by atoms with E-state index in [2.05, 4.69) is 9.35 Å². The minimum absolute atomic E-state index is 0. The Hall–Kier alpha value is 1.02. The molecular weight excluding hydrogens is 313 g/mol. The van der Waals surface area contributed by atoms with Crippen LogP contribution in [0.1, 0.15) is 0 Å². The maximum Gasteiger partial charge on any atom is 4.00 e. The van der Waals surface area contributed by atoms with Gasteiger partial charge in [-0.05, 0) is 0 Å². The van der Waals surface area contributed by atoms with E-state index >= 15 is 0 Å². The first-order valence-corrected chi connectivity index (χ1v) is 4.75. The van der Waals surface area contributed by atoms with E-state index in [9.17, 15) is 0 Å². The molecule has 0 aliphatic carbocycles. The van der Waals surface area contributed by atoms with Crippen molar-refractivity contribution in [2.75, 3.05) is 0 Å². The molecule has 0 aliphatic rings. The van der Waals surface area contributed by atoms with Gasteiger partial charge in [-0.1, -0.05) is 0 Å². The van der Waals surface area contributed by atoms with Crippen molar-refractivity contribution in [1.82, 2.24) is 0 Å². The van der Waals surface area contributed by atoms with E-state index in [0.717, 1.165) is 0 Å². The van der Waals surface area contributed by atoms with Gasteiger partial charge in [0.1, 0.15) is 0 Å². The standard InChI is InChI=1S/2H3O5P.Zr/c2*1-5-6(2,3)4;/h2*1H,(H2,2,3,4);/q;;+4/p-4. The van der Waals surface area contributed by atoms with E-state index < -0.39 is 15.6 Å². The third kappa shape index (κ3) is 32.1. The second-order valence-electron chi connectivity index (χ2n) is 1.06. The molecule has 0 saturated heterocycles. The predicted octanol–water partition coefficient (Wildman–Crippen LogP) is -3.39. The fraction of sp³-hybridized carbons (Fsp3) is 0. The Morgan fingerprint density at radius 3 is 0.923 bits per heavy atom. The fourth-order valence-corrected chi connectivity index (χ4v) is 0. The Labute approximate surface area is 90.6 Å². The first kappa shape index (κ1) is 19.6. The minimum Gasteiger partial charge on any atom is -0.788 e. The summed E-state index contributed by atoms with van der Waals surface area (Å²) in [5.74, 6) is 0. The van der Waals surface area contributed by atoms with Crippen molar-refractivity contribution in [3.05, 3.63) is 0 Å². The van der Waals surface area contributed by atoms with Crippen LogP contribution in [0.2, 0.25) is 0 Å². The van der Waals surface area contributed by atoms with Gasteiger partial charge >= 0.3 is 26.2 Å². The number of hydrogen-bond donors (Lipinski definition) is 2. The van der Waals surface area contributed by atoms with Crippen LogP contribution in [0.3, 0.4) is 0 Å². The summed E-state index contributed by atoms with van der Waals surface area (Å²) < 4.78 is 22.8. The summed E-state index contributed by atoms with van der Waals surface area (Å²) in [4.78, 5) is 36.0. The molecule has 0 bridgehead atoms. The zero-order valence-corrected chi connectivity index (χ0v) is 9.80. The van der Waals surface area contributed by atoms with Crippen LogP contribution in [0.25, 0.3) is 0 Å². The SMILES string of the molecule is O=P([O-])([O-])OO.O=P([O-])([O-])OO.[Zr+4]. The molecule has 0 radical (unpaired) electrons. The molecule has 0 unspecified atom stereocenters. The molecule has 0 amide bonds. The third-order valence-corrected chi connectivity index (χ3v) is 0.600. The van der Waals surface area contributed by atoms with Crippen LogP contribution in [-0.4, -0.2) is 10.5 Å². The molecule has 0 spiro atoms. The normalized spacial score (nSPS) is 10.9. The maximum atomic E-state index is 9.00. The molecule has 10 nitrogen and oxygen atoms in total. The molecule has 0 atom stereocenters. The Kier molecular flexibility index (Phi) is 12.6. The zero-order chi connectivity index (χ0) is 10.4. The Morgan fingerprint density at radius 1 is 0.846 bits per heavy atom. The molecule has 13 heteroatoms. The van der Waals surface area contributed by atoms with Gasteiger partial charge in [0.2, 0.25) is 0 Å². The molecule has 0 saturated carbocycles. The van der Waals surface area contributed by atoms with Crippen molar-refractivity contribution in [3.8, 4) is 0 Å². The predicted molar refractivity (Wildman–Crippen MR) is 22.6 cm³/mol. The third-order valence-electron chi connectivity index (χ3n) is 0.200. The summed E-state index contributed by atoms with van der Waals surface area (Å²) in [6.45, 7) is 0. The van der Waals surface area contributed by atoms with E-state index in [1.807, 2.05) is 0 Å². The van der Waals surface area contributed by atoms with Crippen LogP contribution >= 0.6 is 15.6 Å². The van der Waals surface area contributed by atoms with Gasteiger partial charge in [-0.15, -0.1) is 0 Å². The molecule has 0 aromatic heterocycles. The van der Waals surface area contributed by atoms with Crippen molar-refractivity contribution in [1.29, 1.82) is 0 Å². The molecule has 2 N–H and O–H groups in total. The van der Waals surface area contributed by atoms with Gasteiger partial charge in [-0.2, -0.15) is 0 Å². The van der Waals surface area contributed by atoms with Gasteiger partial charge in [-0.25, -0.2) is 19.9 Å². The summed E-state index contributed by atoms with van der Waals surface area (Å²) >= 11 is 0. The second kappa shape index (κ2) is 8.34. The molecule has 0 heterocycles. The van der Waals surface area contributed by atoms with Crippen molar-refractivity contribution in [2.24, 2.45) is 0 Å². The van der Waals surface area contributed by atoms with Crippen molar-refractivity contribution >= 4 is 15.6 Å². The maximum absolute atomic E-state index is 9.00. The Bertz CT molecular complexity index is 163. The average Bonchev–Trinajstić information content (AvgIpc) is 1.86. The van der Waals surface area contributed by atoms with Gasteiger partial charge in [0.05, 0.1) is 15.6 Å². The summed E-state index contributed by atoms with van der Waals surface area (Å²) in [6.07, 6.45) is 0. The number of phosphoric acid groups is 2. The van der Waals surface area contributed by atoms with E-state index in [1.54, 1.807) is 0 Å². The van der Waals surface area contributed by atoms with Crippen LogP contribution in [0, 0.1) is 0 Å². The Morgan fingerprint density at radius 2 is 0.923 bits per heavy atom. The molecule has 0 aromatic carbocycles. The monoisotopic (exact) mass is 314 g/mol. The van der Waals surface area contributed by atoms with E-state index in [1.165, 1.54) is 0 Å². The van der Waals surface area contributed by atoms with E-state index in [4.69, 9.17) is 39.2 Å². The fourth-order valence-electron chi connectivity index (χ4n) is 0. The van der Waals surface area contributed by atoms with E-state index in [0.29, 0.717) is 0 Å². The Balaban J connectivity index is -0.000000143. The molecular formula is H2O10P2Zr. The quantitative estimate of drug-likeness (QED) is 0.295. The molecule has 0 rings (SSSR count). The molecule has 0 aliphatic heterocycles. The van der Waals surface area contributed by atoms with Gasteiger partial charge in [0.15, 0.2) is 0 Å². The van der Waals surface area contributed by atoms with Crippen LogP contribution in [0.5, 0.6) is 0 Å².